The van der Waals surface area contributed by atoms with Gasteiger partial charge in [-0.1, -0.05) is 18.2 Å². The number of para-hydroxylation sites is 1. The van der Waals surface area contributed by atoms with Crippen LogP contribution in [0, 0.1) is 6.07 Å². The molecule has 5 nitrogen and oxygen atoms in total. The predicted octanol–water partition coefficient (Wildman–Crippen LogP) is 0.769. The number of sulfone groups is 1. The Labute approximate surface area is 126 Å². The molecule has 1 unspecified atom stereocenters. The average molecular weight is 311 g/mol. The molecule has 6 heteroatoms. The van der Waals surface area contributed by atoms with E-state index in [2.05, 4.69) is 16.3 Å². The van der Waals surface area contributed by atoms with Crippen molar-refractivity contribution < 1.29 is 13.5 Å². The Hall–Kier alpha value is -1.11. The summed E-state index contributed by atoms with van der Waals surface area (Å²) in [7, 11) is -2.93. The molecule has 1 radical (unpaired) electrons. The predicted molar refractivity (Wildman–Crippen MR) is 84.1 cm³/mol. The first-order valence-corrected chi connectivity index (χ1v) is 9.20. The minimum atomic E-state index is -2.93. The molecule has 0 amide bonds. The fourth-order valence-electron chi connectivity index (χ4n) is 2.61. The van der Waals surface area contributed by atoms with Gasteiger partial charge in [-0.05, 0) is 32.0 Å². The van der Waals surface area contributed by atoms with E-state index in [1.807, 2.05) is 24.3 Å². The Morgan fingerprint density at radius 2 is 2.14 bits per heavy atom. The highest BCUT2D eigenvalue weighted by molar-refractivity contribution is 7.91. The molecule has 0 spiro atoms. The second-order valence-electron chi connectivity index (χ2n) is 5.64. The molecule has 0 aliphatic carbocycles. The Kier molecular flexibility index (Phi) is 5.61. The van der Waals surface area contributed by atoms with Crippen molar-refractivity contribution in [3.8, 4) is 0 Å². The summed E-state index contributed by atoms with van der Waals surface area (Å²) in [5.74, 6) is 0. The normalized spacial score (nSPS) is 19.3. The van der Waals surface area contributed by atoms with Gasteiger partial charge in [0.1, 0.15) is 9.84 Å². The van der Waals surface area contributed by atoms with Crippen molar-refractivity contribution in [1.82, 2.24) is 4.90 Å². The molecular weight excluding hydrogens is 288 g/mol. The fraction of sp³-hybridized carbons (Fsp3) is 0.600. The van der Waals surface area contributed by atoms with Crippen LogP contribution in [0.15, 0.2) is 24.3 Å². The minimum absolute atomic E-state index is 0.220. The van der Waals surface area contributed by atoms with Gasteiger partial charge in [0, 0.05) is 31.1 Å². The number of aliphatic hydroxyl groups is 1. The number of likely N-dealkylation sites (tertiary alicyclic amines) is 1. The van der Waals surface area contributed by atoms with E-state index in [1.54, 1.807) is 0 Å². The number of benzene rings is 1. The number of hydrogen-bond donors (Lipinski definition) is 2. The van der Waals surface area contributed by atoms with Crippen molar-refractivity contribution in [3.05, 3.63) is 30.3 Å². The summed E-state index contributed by atoms with van der Waals surface area (Å²) < 4.78 is 23.0. The SMILES string of the molecule is CS(=O)(=O)C1CCN(CC(O)CNc2[c]cccc2)CC1. The lowest BCUT2D eigenvalue weighted by Gasteiger charge is -2.32. The molecule has 117 valence electrons. The number of nitrogens with zero attached hydrogens (tertiary/aromatic N) is 1. The van der Waals surface area contributed by atoms with Crippen molar-refractivity contribution in [1.29, 1.82) is 0 Å². The third-order valence-corrected chi connectivity index (χ3v) is 5.53. The van der Waals surface area contributed by atoms with E-state index in [4.69, 9.17) is 0 Å². The number of nitrogens with one attached hydrogen (secondary N) is 1. The molecule has 1 aromatic rings. The van der Waals surface area contributed by atoms with E-state index in [9.17, 15) is 13.5 Å². The van der Waals surface area contributed by atoms with Crippen molar-refractivity contribution in [2.24, 2.45) is 0 Å². The van der Waals surface area contributed by atoms with Crippen LogP contribution in [0.4, 0.5) is 5.69 Å². The van der Waals surface area contributed by atoms with Crippen LogP contribution in [0.5, 0.6) is 0 Å². The Morgan fingerprint density at radius 1 is 1.43 bits per heavy atom. The average Bonchev–Trinajstić information content (AvgIpc) is 2.46. The molecular formula is C15H23N2O3S. The lowest BCUT2D eigenvalue weighted by Crippen LogP contribution is -2.43. The minimum Gasteiger partial charge on any atom is -0.390 e. The smallest absolute Gasteiger partial charge is 0.150 e. The number of aliphatic hydroxyl groups excluding tert-OH is 1. The van der Waals surface area contributed by atoms with Gasteiger partial charge in [0.15, 0.2) is 0 Å². The topological polar surface area (TPSA) is 69.6 Å². The van der Waals surface area contributed by atoms with Crippen LogP contribution in [-0.4, -0.2) is 62.2 Å². The molecule has 1 aromatic carbocycles. The van der Waals surface area contributed by atoms with Crippen LogP contribution in [0.1, 0.15) is 12.8 Å². The maximum absolute atomic E-state index is 11.5. The number of rotatable bonds is 6. The van der Waals surface area contributed by atoms with Crippen LogP contribution < -0.4 is 5.32 Å². The third kappa shape index (κ3) is 5.30. The van der Waals surface area contributed by atoms with Gasteiger partial charge in [0.2, 0.25) is 0 Å². The number of β-amino-alcohol motifs (C(OH)–C–C–N with tert-alkyl or cyclic N) is 1. The largest absolute Gasteiger partial charge is 0.390 e. The van der Waals surface area contributed by atoms with E-state index >= 15 is 0 Å². The first kappa shape index (κ1) is 16.3. The van der Waals surface area contributed by atoms with E-state index in [0.717, 1.165) is 18.8 Å². The van der Waals surface area contributed by atoms with Crippen molar-refractivity contribution in [2.45, 2.75) is 24.2 Å². The van der Waals surface area contributed by atoms with Crippen LogP contribution in [0.2, 0.25) is 0 Å². The number of hydrogen-bond acceptors (Lipinski definition) is 5. The van der Waals surface area contributed by atoms with Gasteiger partial charge in [-0.25, -0.2) is 8.42 Å². The summed E-state index contributed by atoms with van der Waals surface area (Å²) in [5.41, 5.74) is 0.868. The van der Waals surface area contributed by atoms with Crippen LogP contribution in [0.3, 0.4) is 0 Å². The molecule has 0 aromatic heterocycles. The first-order chi connectivity index (χ1) is 9.95. The Balaban J connectivity index is 1.71. The highest BCUT2D eigenvalue weighted by Crippen LogP contribution is 2.17. The Morgan fingerprint density at radius 3 is 2.71 bits per heavy atom. The summed E-state index contributed by atoms with van der Waals surface area (Å²) in [6.07, 6.45) is 2.15. The van der Waals surface area contributed by atoms with Crippen LogP contribution in [0.25, 0.3) is 0 Å². The van der Waals surface area contributed by atoms with Gasteiger partial charge >= 0.3 is 0 Å². The van der Waals surface area contributed by atoms with Gasteiger partial charge in [0.05, 0.1) is 11.4 Å². The number of anilines is 1. The lowest BCUT2D eigenvalue weighted by molar-refractivity contribution is 0.110. The highest BCUT2D eigenvalue weighted by Gasteiger charge is 2.27. The maximum atomic E-state index is 11.5. The Bertz CT molecular complexity index is 525. The molecule has 0 saturated carbocycles. The summed E-state index contributed by atoms with van der Waals surface area (Å²) >= 11 is 0. The highest BCUT2D eigenvalue weighted by atomic mass is 32.2. The second kappa shape index (κ2) is 7.24. The van der Waals surface area contributed by atoms with Crippen molar-refractivity contribution >= 4 is 15.5 Å². The van der Waals surface area contributed by atoms with Crippen molar-refractivity contribution in [2.75, 3.05) is 37.8 Å². The molecule has 1 aliphatic heterocycles. The van der Waals surface area contributed by atoms with E-state index < -0.39 is 15.9 Å². The molecule has 1 atom stereocenters. The zero-order valence-corrected chi connectivity index (χ0v) is 13.1. The number of piperidine rings is 1. The van der Waals surface area contributed by atoms with Gasteiger partial charge in [-0.2, -0.15) is 0 Å². The van der Waals surface area contributed by atoms with E-state index in [1.165, 1.54) is 6.26 Å². The third-order valence-electron chi connectivity index (χ3n) is 3.85. The van der Waals surface area contributed by atoms with Gasteiger partial charge < -0.3 is 15.3 Å². The molecule has 0 bridgehead atoms. The zero-order chi connectivity index (χ0) is 15.3. The molecule has 21 heavy (non-hydrogen) atoms. The van der Waals surface area contributed by atoms with Crippen LogP contribution >= 0.6 is 0 Å². The molecule has 1 heterocycles. The quantitative estimate of drug-likeness (QED) is 0.812. The lowest BCUT2D eigenvalue weighted by atomic mass is 10.1. The molecule has 1 saturated heterocycles. The zero-order valence-electron chi connectivity index (χ0n) is 12.3. The van der Waals surface area contributed by atoms with Crippen molar-refractivity contribution in [3.63, 3.8) is 0 Å². The molecule has 2 N–H and O–H groups in total. The summed E-state index contributed by atoms with van der Waals surface area (Å²) in [5, 5.41) is 13.0. The van der Waals surface area contributed by atoms with Crippen LogP contribution in [-0.2, 0) is 9.84 Å². The van der Waals surface area contributed by atoms with E-state index in [-0.39, 0.29) is 5.25 Å². The molecule has 2 rings (SSSR count). The fourth-order valence-corrected chi connectivity index (χ4v) is 3.68. The maximum Gasteiger partial charge on any atom is 0.150 e. The first-order valence-electron chi connectivity index (χ1n) is 7.25. The standard InChI is InChI=1S/C15H23N2O3S/c1-21(19,20)15-7-9-17(10-8-15)12-14(18)11-16-13-5-3-2-4-6-13/h2-5,14-16,18H,7-12H2,1H3. The summed E-state index contributed by atoms with van der Waals surface area (Å²) in [6, 6.07) is 10.6. The van der Waals surface area contributed by atoms with Gasteiger partial charge in [-0.3, -0.25) is 0 Å². The van der Waals surface area contributed by atoms with Gasteiger partial charge in [-0.15, -0.1) is 0 Å². The summed E-state index contributed by atoms with van der Waals surface area (Å²) in [6.45, 7) is 2.49. The van der Waals surface area contributed by atoms with Gasteiger partial charge in [0.25, 0.3) is 0 Å². The molecule has 1 aliphatic rings. The summed E-state index contributed by atoms with van der Waals surface area (Å²) in [4.78, 5) is 2.13. The monoisotopic (exact) mass is 311 g/mol. The second-order valence-corrected chi connectivity index (χ2v) is 7.97. The van der Waals surface area contributed by atoms with E-state index in [0.29, 0.717) is 25.9 Å². The molecule has 1 fully saturated rings.